The highest BCUT2D eigenvalue weighted by Gasteiger charge is 2.04. The van der Waals surface area contributed by atoms with Gasteiger partial charge in [-0.2, -0.15) is 11.8 Å². The summed E-state index contributed by atoms with van der Waals surface area (Å²) in [5.41, 5.74) is 1.08. The topological polar surface area (TPSA) is 49.8 Å². The summed E-state index contributed by atoms with van der Waals surface area (Å²) in [4.78, 5) is 8.39. The van der Waals surface area contributed by atoms with Crippen molar-refractivity contribution in [2.24, 2.45) is 0 Å². The molecule has 1 aromatic heterocycles. The number of nitrogens with zero attached hydrogens (tertiary/aromatic N) is 2. The highest BCUT2D eigenvalue weighted by atomic mass is 32.2. The van der Waals surface area contributed by atoms with Crippen LogP contribution in [0.15, 0.2) is 6.33 Å². The van der Waals surface area contributed by atoms with Gasteiger partial charge in [0.05, 0.1) is 0 Å². The summed E-state index contributed by atoms with van der Waals surface area (Å²) in [6.45, 7) is 3.00. The van der Waals surface area contributed by atoms with Gasteiger partial charge in [0.1, 0.15) is 18.0 Å². The monoisotopic (exact) mass is 240 g/mol. The molecule has 0 spiro atoms. The van der Waals surface area contributed by atoms with Crippen molar-refractivity contribution in [1.82, 2.24) is 9.97 Å². The third-order valence-electron chi connectivity index (χ3n) is 2.39. The van der Waals surface area contributed by atoms with Gasteiger partial charge in [-0.3, -0.25) is 0 Å². The van der Waals surface area contributed by atoms with E-state index in [1.807, 2.05) is 25.7 Å². The van der Waals surface area contributed by atoms with Crippen molar-refractivity contribution in [3.8, 4) is 0 Å². The molecule has 1 heterocycles. The maximum atomic E-state index is 4.24. The minimum Gasteiger partial charge on any atom is -0.373 e. The third kappa shape index (κ3) is 3.89. The summed E-state index contributed by atoms with van der Waals surface area (Å²) in [5, 5.41) is 6.40. The molecule has 1 rings (SSSR count). The zero-order valence-electron chi connectivity index (χ0n) is 10.2. The van der Waals surface area contributed by atoms with E-state index in [-0.39, 0.29) is 0 Å². The van der Waals surface area contributed by atoms with E-state index in [9.17, 15) is 0 Å². The van der Waals surface area contributed by atoms with E-state index in [4.69, 9.17) is 0 Å². The average Bonchev–Trinajstić information content (AvgIpc) is 2.31. The number of unbranched alkanes of at least 4 members (excludes halogenated alkanes) is 1. The molecule has 90 valence electrons. The molecule has 4 nitrogen and oxygen atoms in total. The van der Waals surface area contributed by atoms with Gasteiger partial charge < -0.3 is 10.6 Å². The van der Waals surface area contributed by atoms with E-state index in [1.165, 1.54) is 18.6 Å². The van der Waals surface area contributed by atoms with Gasteiger partial charge in [-0.25, -0.2) is 9.97 Å². The molecule has 0 bridgehead atoms. The van der Waals surface area contributed by atoms with E-state index in [0.29, 0.717) is 0 Å². The van der Waals surface area contributed by atoms with Crippen LogP contribution in [0.2, 0.25) is 0 Å². The molecule has 0 aliphatic rings. The zero-order valence-corrected chi connectivity index (χ0v) is 11.0. The predicted molar refractivity (Wildman–Crippen MR) is 72.4 cm³/mol. The molecule has 0 aromatic carbocycles. The fourth-order valence-corrected chi connectivity index (χ4v) is 1.95. The standard InChI is InChI=1S/C11H20N4S/c1-9-10(12-2)14-8-15-11(9)13-6-4-5-7-16-3/h8H,4-7H2,1-3H3,(H2,12,13,14,15). The summed E-state index contributed by atoms with van der Waals surface area (Å²) >= 11 is 1.89. The van der Waals surface area contributed by atoms with Crippen LogP contribution in [0, 0.1) is 6.92 Å². The molecule has 0 radical (unpaired) electrons. The molecule has 0 aliphatic carbocycles. The summed E-state index contributed by atoms with van der Waals surface area (Å²) in [6, 6.07) is 0. The third-order valence-corrected chi connectivity index (χ3v) is 3.09. The van der Waals surface area contributed by atoms with Gasteiger partial charge in [-0.1, -0.05) is 0 Å². The lowest BCUT2D eigenvalue weighted by molar-refractivity contribution is 0.838. The van der Waals surface area contributed by atoms with Gasteiger partial charge in [0, 0.05) is 19.2 Å². The highest BCUT2D eigenvalue weighted by molar-refractivity contribution is 7.98. The van der Waals surface area contributed by atoms with Gasteiger partial charge in [0.25, 0.3) is 0 Å². The van der Waals surface area contributed by atoms with Crippen LogP contribution in [0.5, 0.6) is 0 Å². The molecule has 1 aromatic rings. The minimum absolute atomic E-state index is 0.890. The fraction of sp³-hybridized carbons (Fsp3) is 0.636. The number of nitrogens with one attached hydrogen (secondary N) is 2. The second-order valence-electron chi connectivity index (χ2n) is 3.57. The molecule has 2 N–H and O–H groups in total. The van der Waals surface area contributed by atoms with Crippen LogP contribution >= 0.6 is 11.8 Å². The largest absolute Gasteiger partial charge is 0.373 e. The second kappa shape index (κ2) is 7.33. The van der Waals surface area contributed by atoms with E-state index >= 15 is 0 Å². The molecule has 0 saturated carbocycles. The Hall–Kier alpha value is -0.970. The fourth-order valence-electron chi connectivity index (χ4n) is 1.46. The first-order valence-electron chi connectivity index (χ1n) is 5.51. The van der Waals surface area contributed by atoms with Crippen LogP contribution in [0.1, 0.15) is 18.4 Å². The molecule has 0 atom stereocenters. The van der Waals surface area contributed by atoms with Crippen LogP contribution in [0.4, 0.5) is 11.6 Å². The first-order chi connectivity index (χ1) is 7.79. The van der Waals surface area contributed by atoms with Crippen LogP contribution in [-0.2, 0) is 0 Å². The summed E-state index contributed by atoms with van der Waals surface area (Å²) in [7, 11) is 1.87. The molecule has 5 heteroatoms. The van der Waals surface area contributed by atoms with E-state index in [2.05, 4.69) is 26.9 Å². The Morgan fingerprint density at radius 2 is 2.00 bits per heavy atom. The number of anilines is 2. The van der Waals surface area contributed by atoms with Gasteiger partial charge >= 0.3 is 0 Å². The summed E-state index contributed by atoms with van der Waals surface area (Å²) < 4.78 is 0. The molecule has 0 amide bonds. The van der Waals surface area contributed by atoms with Crippen molar-refractivity contribution >= 4 is 23.4 Å². The Balaban J connectivity index is 2.41. The Morgan fingerprint density at radius 1 is 1.25 bits per heavy atom. The molecule has 0 saturated heterocycles. The van der Waals surface area contributed by atoms with Crippen molar-refractivity contribution in [1.29, 1.82) is 0 Å². The smallest absolute Gasteiger partial charge is 0.134 e. The van der Waals surface area contributed by atoms with Crippen molar-refractivity contribution in [2.75, 3.05) is 36.2 Å². The Bertz CT molecular complexity index is 317. The first-order valence-corrected chi connectivity index (χ1v) is 6.91. The van der Waals surface area contributed by atoms with Crippen LogP contribution in [0.3, 0.4) is 0 Å². The molecule has 0 fully saturated rings. The average molecular weight is 240 g/mol. The van der Waals surface area contributed by atoms with Crippen LogP contribution in [0.25, 0.3) is 0 Å². The molecular weight excluding hydrogens is 220 g/mol. The Kier molecular flexibility index (Phi) is 6.00. The van der Waals surface area contributed by atoms with Gasteiger partial charge in [-0.05, 0) is 31.8 Å². The van der Waals surface area contributed by atoms with Crippen molar-refractivity contribution in [3.05, 3.63) is 11.9 Å². The molecule has 0 aliphatic heterocycles. The van der Waals surface area contributed by atoms with E-state index in [0.717, 1.165) is 23.7 Å². The normalized spacial score (nSPS) is 10.2. The quantitative estimate of drug-likeness (QED) is 0.717. The molecule has 16 heavy (non-hydrogen) atoms. The zero-order chi connectivity index (χ0) is 11.8. The SMILES string of the molecule is CNc1ncnc(NCCCCSC)c1C. The van der Waals surface area contributed by atoms with Crippen LogP contribution in [-0.4, -0.2) is 35.6 Å². The molecular formula is C11H20N4S. The number of hydrogen-bond donors (Lipinski definition) is 2. The highest BCUT2D eigenvalue weighted by Crippen LogP contribution is 2.17. The second-order valence-corrected chi connectivity index (χ2v) is 4.56. The van der Waals surface area contributed by atoms with Crippen molar-refractivity contribution < 1.29 is 0 Å². The predicted octanol–water partition coefficient (Wildman–Crippen LogP) is 2.38. The van der Waals surface area contributed by atoms with Crippen molar-refractivity contribution in [2.45, 2.75) is 19.8 Å². The lowest BCUT2D eigenvalue weighted by Gasteiger charge is -2.10. The maximum Gasteiger partial charge on any atom is 0.134 e. The molecule has 0 unspecified atom stereocenters. The Labute approximate surface area is 102 Å². The van der Waals surface area contributed by atoms with Gasteiger partial charge in [0.2, 0.25) is 0 Å². The number of rotatable bonds is 7. The van der Waals surface area contributed by atoms with Gasteiger partial charge in [0.15, 0.2) is 0 Å². The number of hydrogen-bond acceptors (Lipinski definition) is 5. The number of aromatic nitrogens is 2. The van der Waals surface area contributed by atoms with Crippen molar-refractivity contribution in [3.63, 3.8) is 0 Å². The number of thioether (sulfide) groups is 1. The summed E-state index contributed by atoms with van der Waals surface area (Å²) in [5.74, 6) is 3.05. The maximum absolute atomic E-state index is 4.24. The summed E-state index contributed by atoms with van der Waals surface area (Å²) in [6.07, 6.45) is 6.15. The van der Waals surface area contributed by atoms with E-state index in [1.54, 1.807) is 6.33 Å². The lowest BCUT2D eigenvalue weighted by Crippen LogP contribution is -2.07. The van der Waals surface area contributed by atoms with Crippen LogP contribution < -0.4 is 10.6 Å². The lowest BCUT2D eigenvalue weighted by atomic mass is 10.3. The first kappa shape index (κ1) is 13.1. The minimum atomic E-state index is 0.890. The Morgan fingerprint density at radius 3 is 2.69 bits per heavy atom. The van der Waals surface area contributed by atoms with E-state index < -0.39 is 0 Å². The van der Waals surface area contributed by atoms with Gasteiger partial charge in [-0.15, -0.1) is 0 Å².